The summed E-state index contributed by atoms with van der Waals surface area (Å²) in [6, 6.07) is 24.0. The molecule has 1 N–H and O–H groups in total. The lowest BCUT2D eigenvalue weighted by atomic mass is 10.1. The van der Waals surface area contributed by atoms with E-state index in [0.29, 0.717) is 28.4 Å². The minimum absolute atomic E-state index is 0.104. The summed E-state index contributed by atoms with van der Waals surface area (Å²) in [5, 5.41) is 4.35. The average molecular weight is 526 g/mol. The van der Waals surface area contributed by atoms with Gasteiger partial charge in [-0.2, -0.15) is 0 Å². The molecule has 9 heteroatoms. The highest BCUT2D eigenvalue weighted by Crippen LogP contribution is 2.29. The first-order valence-corrected chi connectivity index (χ1v) is 12.1. The monoisotopic (exact) mass is 525 g/mol. The van der Waals surface area contributed by atoms with Crippen molar-refractivity contribution >= 4 is 23.0 Å². The van der Waals surface area contributed by atoms with Gasteiger partial charge >= 0.3 is 6.36 Å². The SMILES string of the molecule is O=C(CNC(=O)c1cc(-c2ccc(OC(F)(F)F)cc2)cs1)Cc1ccccc1OCc1ccccc1. The third-order valence-electron chi connectivity index (χ3n) is 5.29. The molecule has 0 unspecified atom stereocenters. The van der Waals surface area contributed by atoms with Crippen molar-refractivity contribution in [3.63, 3.8) is 0 Å². The second kappa shape index (κ2) is 11.7. The number of carbonyl (C=O) groups is 2. The highest BCUT2D eigenvalue weighted by atomic mass is 32.1. The number of ether oxygens (including phenoxy) is 2. The van der Waals surface area contributed by atoms with Crippen LogP contribution in [0.4, 0.5) is 13.2 Å². The number of alkyl halides is 3. The Labute approximate surface area is 215 Å². The molecule has 0 aliphatic rings. The smallest absolute Gasteiger partial charge is 0.489 e. The maximum atomic E-state index is 12.6. The summed E-state index contributed by atoms with van der Waals surface area (Å²) in [5.41, 5.74) is 3.04. The van der Waals surface area contributed by atoms with Crippen molar-refractivity contribution in [3.8, 4) is 22.6 Å². The quantitative estimate of drug-likeness (QED) is 0.259. The Morgan fingerprint density at radius 2 is 1.57 bits per heavy atom. The molecule has 0 radical (unpaired) electrons. The van der Waals surface area contributed by atoms with Crippen LogP contribution in [0.3, 0.4) is 0 Å². The summed E-state index contributed by atoms with van der Waals surface area (Å²) in [5.74, 6) is -0.299. The Morgan fingerprint density at radius 1 is 0.865 bits per heavy atom. The van der Waals surface area contributed by atoms with Gasteiger partial charge in [0.05, 0.1) is 11.4 Å². The van der Waals surface area contributed by atoms with E-state index in [1.807, 2.05) is 48.5 Å². The van der Waals surface area contributed by atoms with Gasteiger partial charge in [-0.1, -0.05) is 60.7 Å². The van der Waals surface area contributed by atoms with Crippen LogP contribution in [0.2, 0.25) is 0 Å². The number of ketones is 1. The van der Waals surface area contributed by atoms with Crippen molar-refractivity contribution in [1.82, 2.24) is 5.32 Å². The number of halogens is 3. The fourth-order valence-electron chi connectivity index (χ4n) is 3.52. The molecule has 1 amide bonds. The molecule has 0 saturated heterocycles. The van der Waals surface area contributed by atoms with Crippen molar-refractivity contribution in [2.75, 3.05) is 6.54 Å². The van der Waals surface area contributed by atoms with Gasteiger partial charge in [-0.25, -0.2) is 0 Å². The summed E-state index contributed by atoms with van der Waals surface area (Å²) < 4.78 is 46.8. The third kappa shape index (κ3) is 7.68. The standard InChI is InChI=1S/C28H22F3NO4S/c29-28(30,31)36-24-12-10-20(11-13-24)22-15-26(37-18-22)27(34)32-16-23(33)14-21-8-4-5-9-25(21)35-17-19-6-2-1-3-7-19/h1-13,15,18H,14,16-17H2,(H,32,34). The van der Waals surface area contributed by atoms with Crippen LogP contribution in [0.15, 0.2) is 90.3 Å². The van der Waals surface area contributed by atoms with Crippen molar-refractivity contribution in [2.24, 2.45) is 0 Å². The first-order chi connectivity index (χ1) is 17.8. The number of para-hydroxylation sites is 1. The normalized spacial score (nSPS) is 11.1. The second-order valence-corrected chi connectivity index (χ2v) is 8.96. The van der Waals surface area contributed by atoms with Gasteiger partial charge in [0, 0.05) is 12.0 Å². The number of amides is 1. The summed E-state index contributed by atoms with van der Waals surface area (Å²) >= 11 is 1.17. The zero-order valence-corrected chi connectivity index (χ0v) is 20.3. The Hall–Kier alpha value is -4.11. The first kappa shape index (κ1) is 26.0. The number of Topliss-reactive ketones (excluding diaryl/α,β-unsaturated/α-hetero) is 1. The number of hydrogen-bond donors (Lipinski definition) is 1. The van der Waals surface area contributed by atoms with Crippen molar-refractivity contribution in [2.45, 2.75) is 19.4 Å². The molecular weight excluding hydrogens is 503 g/mol. The van der Waals surface area contributed by atoms with Gasteiger partial charge in [-0.3, -0.25) is 9.59 Å². The van der Waals surface area contributed by atoms with Crippen LogP contribution in [0.5, 0.6) is 11.5 Å². The number of thiophene rings is 1. The van der Waals surface area contributed by atoms with Gasteiger partial charge in [0.25, 0.3) is 5.91 Å². The molecule has 37 heavy (non-hydrogen) atoms. The molecule has 190 valence electrons. The lowest BCUT2D eigenvalue weighted by Crippen LogP contribution is -2.29. The number of rotatable bonds is 10. The van der Waals surface area contributed by atoms with E-state index in [0.717, 1.165) is 11.1 Å². The largest absolute Gasteiger partial charge is 0.573 e. The fraction of sp³-hybridized carbons (Fsp3) is 0.143. The van der Waals surface area contributed by atoms with E-state index in [2.05, 4.69) is 10.1 Å². The molecule has 1 heterocycles. The summed E-state index contributed by atoms with van der Waals surface area (Å²) in [6.45, 7) is 0.226. The summed E-state index contributed by atoms with van der Waals surface area (Å²) in [7, 11) is 0. The molecule has 1 aromatic heterocycles. The van der Waals surface area contributed by atoms with Gasteiger partial charge in [-0.05, 0) is 46.3 Å². The number of nitrogens with one attached hydrogen (secondary N) is 1. The van der Waals surface area contributed by atoms with Crippen LogP contribution >= 0.6 is 11.3 Å². The second-order valence-electron chi connectivity index (χ2n) is 8.05. The molecule has 5 nitrogen and oxygen atoms in total. The Bertz CT molecular complexity index is 1350. The van der Waals surface area contributed by atoms with E-state index < -0.39 is 12.3 Å². The van der Waals surface area contributed by atoms with Gasteiger partial charge in [-0.15, -0.1) is 24.5 Å². The molecule has 0 saturated carbocycles. The molecule has 0 aliphatic heterocycles. The Balaban J connectivity index is 1.30. The van der Waals surface area contributed by atoms with Crippen LogP contribution in [0, 0.1) is 0 Å². The molecule has 4 aromatic rings. The van der Waals surface area contributed by atoms with Gasteiger partial charge in [0.1, 0.15) is 18.1 Å². The Morgan fingerprint density at radius 3 is 2.30 bits per heavy atom. The minimum atomic E-state index is -4.76. The predicted molar refractivity (Wildman–Crippen MR) is 135 cm³/mol. The summed E-state index contributed by atoms with van der Waals surface area (Å²) in [4.78, 5) is 25.5. The molecule has 0 spiro atoms. The van der Waals surface area contributed by atoms with E-state index in [4.69, 9.17) is 4.74 Å². The zero-order chi connectivity index (χ0) is 26.3. The molecule has 0 fully saturated rings. The Kier molecular flexibility index (Phi) is 8.25. The van der Waals surface area contributed by atoms with Gasteiger partial charge in [0.15, 0.2) is 5.78 Å². The van der Waals surface area contributed by atoms with Crippen molar-refractivity contribution in [3.05, 3.63) is 106 Å². The fourth-order valence-corrected chi connectivity index (χ4v) is 4.35. The number of carbonyl (C=O) groups excluding carboxylic acids is 2. The van der Waals surface area contributed by atoms with E-state index in [9.17, 15) is 22.8 Å². The number of hydrogen-bond acceptors (Lipinski definition) is 5. The molecule has 4 rings (SSSR count). The molecule has 3 aromatic carbocycles. The maximum Gasteiger partial charge on any atom is 0.573 e. The lowest BCUT2D eigenvalue weighted by molar-refractivity contribution is -0.274. The van der Waals surface area contributed by atoms with E-state index >= 15 is 0 Å². The van der Waals surface area contributed by atoms with E-state index in [1.54, 1.807) is 17.5 Å². The van der Waals surface area contributed by atoms with Crippen LogP contribution in [0.25, 0.3) is 11.1 Å². The molecule has 0 bridgehead atoms. The van der Waals surface area contributed by atoms with Gasteiger partial charge in [0.2, 0.25) is 0 Å². The third-order valence-corrected chi connectivity index (χ3v) is 6.22. The van der Waals surface area contributed by atoms with Crippen LogP contribution in [0.1, 0.15) is 20.8 Å². The van der Waals surface area contributed by atoms with Gasteiger partial charge < -0.3 is 14.8 Å². The molecule has 0 aliphatic carbocycles. The highest BCUT2D eigenvalue weighted by Gasteiger charge is 2.31. The topological polar surface area (TPSA) is 64.6 Å². The first-order valence-electron chi connectivity index (χ1n) is 11.3. The summed E-state index contributed by atoms with van der Waals surface area (Å²) in [6.07, 6.45) is -4.66. The predicted octanol–water partition coefficient (Wildman–Crippen LogP) is 6.43. The minimum Gasteiger partial charge on any atom is -0.489 e. The van der Waals surface area contributed by atoms with Crippen molar-refractivity contribution in [1.29, 1.82) is 0 Å². The lowest BCUT2D eigenvalue weighted by Gasteiger charge is -2.11. The van der Waals surface area contributed by atoms with Crippen LogP contribution < -0.4 is 14.8 Å². The van der Waals surface area contributed by atoms with E-state index in [1.165, 1.54) is 35.6 Å². The zero-order valence-electron chi connectivity index (χ0n) is 19.5. The molecular formula is C28H22F3NO4S. The molecule has 0 atom stereocenters. The van der Waals surface area contributed by atoms with Crippen LogP contribution in [-0.4, -0.2) is 24.6 Å². The van der Waals surface area contributed by atoms with Crippen LogP contribution in [-0.2, 0) is 17.8 Å². The van der Waals surface area contributed by atoms with Crippen molar-refractivity contribution < 1.29 is 32.2 Å². The number of benzene rings is 3. The average Bonchev–Trinajstić information content (AvgIpc) is 3.37. The highest BCUT2D eigenvalue weighted by molar-refractivity contribution is 7.12. The van der Waals surface area contributed by atoms with E-state index in [-0.39, 0.29) is 24.5 Å². The maximum absolute atomic E-state index is 12.6.